The summed E-state index contributed by atoms with van der Waals surface area (Å²) < 4.78 is 19.7. The molecule has 0 saturated heterocycles. The van der Waals surface area contributed by atoms with Crippen LogP contribution in [-0.4, -0.2) is 36.3 Å². The molecule has 0 amide bonds. The molecule has 5 heteroatoms. The predicted octanol–water partition coefficient (Wildman–Crippen LogP) is 3.51. The van der Waals surface area contributed by atoms with Gasteiger partial charge >= 0.3 is 0 Å². The van der Waals surface area contributed by atoms with Gasteiger partial charge in [-0.3, -0.25) is 4.57 Å². The molecule has 3 nitrogen and oxygen atoms in total. The SMILES string of the molecule is CCC(CP(C)(=O)OCC(C)C)N(S)CC. The third-order valence-corrected chi connectivity index (χ3v) is 4.83. The van der Waals surface area contributed by atoms with Crippen LogP contribution in [0.5, 0.6) is 0 Å². The number of hydrogen-bond acceptors (Lipinski definition) is 4. The van der Waals surface area contributed by atoms with E-state index < -0.39 is 7.37 Å². The van der Waals surface area contributed by atoms with Crippen LogP contribution in [0.4, 0.5) is 0 Å². The summed E-state index contributed by atoms with van der Waals surface area (Å²) in [5.41, 5.74) is 0. The summed E-state index contributed by atoms with van der Waals surface area (Å²) >= 11 is 4.38. The first-order valence-corrected chi connectivity index (χ1v) is 8.64. The van der Waals surface area contributed by atoms with Crippen LogP contribution in [0.15, 0.2) is 0 Å². The van der Waals surface area contributed by atoms with E-state index in [1.807, 2.05) is 11.2 Å². The molecule has 98 valence electrons. The molecule has 0 aliphatic heterocycles. The van der Waals surface area contributed by atoms with E-state index in [4.69, 9.17) is 4.52 Å². The van der Waals surface area contributed by atoms with Crippen molar-refractivity contribution in [1.29, 1.82) is 0 Å². The zero-order valence-electron chi connectivity index (χ0n) is 11.1. The van der Waals surface area contributed by atoms with Gasteiger partial charge in [-0.2, -0.15) is 0 Å². The highest BCUT2D eigenvalue weighted by molar-refractivity contribution is 7.77. The maximum absolute atomic E-state index is 12.2. The van der Waals surface area contributed by atoms with E-state index in [0.717, 1.165) is 13.0 Å². The van der Waals surface area contributed by atoms with Gasteiger partial charge in [-0.05, 0) is 12.3 Å². The molecule has 16 heavy (non-hydrogen) atoms. The summed E-state index contributed by atoms with van der Waals surface area (Å²) in [4.78, 5) is 0. The molecule has 0 bridgehead atoms. The molecule has 2 unspecified atom stereocenters. The lowest BCUT2D eigenvalue weighted by molar-refractivity contribution is 0.266. The number of nitrogens with zero attached hydrogens (tertiary/aromatic N) is 1. The third-order valence-electron chi connectivity index (χ3n) is 2.44. The Kier molecular flexibility index (Phi) is 8.00. The van der Waals surface area contributed by atoms with E-state index in [9.17, 15) is 4.57 Å². The number of rotatable bonds is 8. The summed E-state index contributed by atoms with van der Waals surface area (Å²) in [6.07, 6.45) is 1.54. The number of hydrogen-bond donors (Lipinski definition) is 1. The van der Waals surface area contributed by atoms with E-state index >= 15 is 0 Å². The Labute approximate surface area is 106 Å². The molecule has 0 heterocycles. The van der Waals surface area contributed by atoms with Crippen molar-refractivity contribution in [2.24, 2.45) is 5.92 Å². The van der Waals surface area contributed by atoms with E-state index in [1.165, 1.54) is 0 Å². The molecular weight excluding hydrogens is 241 g/mol. The fourth-order valence-electron chi connectivity index (χ4n) is 1.43. The fourth-order valence-corrected chi connectivity index (χ4v) is 3.75. The Bertz CT molecular complexity index is 236. The van der Waals surface area contributed by atoms with E-state index in [1.54, 1.807) is 6.66 Å². The van der Waals surface area contributed by atoms with Crippen molar-refractivity contribution < 1.29 is 9.09 Å². The van der Waals surface area contributed by atoms with Gasteiger partial charge in [-0.1, -0.05) is 40.5 Å². The van der Waals surface area contributed by atoms with Crippen molar-refractivity contribution in [2.45, 2.75) is 40.2 Å². The van der Waals surface area contributed by atoms with Gasteiger partial charge in [0.1, 0.15) is 0 Å². The van der Waals surface area contributed by atoms with Gasteiger partial charge in [0.25, 0.3) is 0 Å². The van der Waals surface area contributed by atoms with Crippen molar-refractivity contribution in [3.05, 3.63) is 0 Å². The van der Waals surface area contributed by atoms with Crippen LogP contribution >= 0.6 is 20.2 Å². The van der Waals surface area contributed by atoms with Gasteiger partial charge in [0.15, 0.2) is 0 Å². The van der Waals surface area contributed by atoms with Crippen LogP contribution in [0.3, 0.4) is 0 Å². The third kappa shape index (κ3) is 6.95. The van der Waals surface area contributed by atoms with Gasteiger partial charge in [-0.25, -0.2) is 4.31 Å². The van der Waals surface area contributed by atoms with Gasteiger partial charge < -0.3 is 4.52 Å². The molecule has 0 N–H and O–H groups in total. The Balaban J connectivity index is 4.25. The average molecular weight is 267 g/mol. The van der Waals surface area contributed by atoms with Crippen molar-refractivity contribution in [3.8, 4) is 0 Å². The van der Waals surface area contributed by atoms with Gasteiger partial charge in [0, 0.05) is 25.4 Å². The predicted molar refractivity (Wildman–Crippen MR) is 74.6 cm³/mol. The maximum atomic E-state index is 12.2. The number of thiol groups is 1. The second-order valence-corrected chi connectivity index (χ2v) is 7.87. The summed E-state index contributed by atoms with van der Waals surface area (Å²) in [7, 11) is -2.48. The largest absolute Gasteiger partial charge is 0.328 e. The Morgan fingerprint density at radius 3 is 2.31 bits per heavy atom. The lowest BCUT2D eigenvalue weighted by atomic mass is 10.2. The zero-order valence-corrected chi connectivity index (χ0v) is 12.9. The highest BCUT2D eigenvalue weighted by Crippen LogP contribution is 2.44. The lowest BCUT2D eigenvalue weighted by Crippen LogP contribution is -2.30. The Morgan fingerprint density at radius 1 is 1.38 bits per heavy atom. The zero-order chi connectivity index (χ0) is 12.8. The van der Waals surface area contributed by atoms with Crippen molar-refractivity contribution >= 4 is 20.2 Å². The second kappa shape index (κ2) is 7.75. The normalized spacial score (nSPS) is 17.8. The van der Waals surface area contributed by atoms with E-state index in [0.29, 0.717) is 18.7 Å². The highest BCUT2D eigenvalue weighted by Gasteiger charge is 2.24. The summed E-state index contributed by atoms with van der Waals surface area (Å²) in [6.45, 7) is 11.4. The molecular formula is C11H26NO2PS. The van der Waals surface area contributed by atoms with E-state index in [2.05, 4.69) is 33.6 Å². The van der Waals surface area contributed by atoms with Crippen LogP contribution in [-0.2, 0) is 9.09 Å². The highest BCUT2D eigenvalue weighted by atomic mass is 32.1. The van der Waals surface area contributed by atoms with Gasteiger partial charge in [0.05, 0.1) is 6.61 Å². The quantitative estimate of drug-likeness (QED) is 0.539. The first-order valence-electron chi connectivity index (χ1n) is 5.99. The standard InChI is InChI=1S/C11H26NO2PS/c1-6-11(12(16)7-2)9-15(5,13)14-8-10(3)4/h10-11,16H,6-9H2,1-5H3. The molecule has 0 aromatic heterocycles. The molecule has 0 aliphatic rings. The van der Waals surface area contributed by atoms with E-state index in [-0.39, 0.29) is 6.04 Å². The van der Waals surface area contributed by atoms with Crippen LogP contribution in [0, 0.1) is 5.92 Å². The Hall–Kier alpha value is 0.500. The minimum Gasteiger partial charge on any atom is -0.328 e. The molecule has 0 spiro atoms. The summed E-state index contributed by atoms with van der Waals surface area (Å²) in [5.74, 6) is 0.423. The van der Waals surface area contributed by atoms with Crippen LogP contribution < -0.4 is 0 Å². The van der Waals surface area contributed by atoms with Crippen molar-refractivity contribution in [2.75, 3.05) is 26.0 Å². The van der Waals surface area contributed by atoms with Crippen LogP contribution in [0.2, 0.25) is 0 Å². The van der Waals surface area contributed by atoms with Crippen LogP contribution in [0.25, 0.3) is 0 Å². The average Bonchev–Trinajstić information content (AvgIpc) is 2.22. The molecule has 0 rings (SSSR count). The van der Waals surface area contributed by atoms with Gasteiger partial charge in [-0.15, -0.1) is 0 Å². The molecule has 0 fully saturated rings. The summed E-state index contributed by atoms with van der Waals surface area (Å²) in [6, 6.07) is 0.233. The minimum absolute atomic E-state index is 0.233. The lowest BCUT2D eigenvalue weighted by Gasteiger charge is -2.27. The Morgan fingerprint density at radius 2 is 1.94 bits per heavy atom. The molecule has 0 aliphatic carbocycles. The smallest absolute Gasteiger partial charge is 0.201 e. The molecule has 0 saturated carbocycles. The fraction of sp³-hybridized carbons (Fsp3) is 1.00. The van der Waals surface area contributed by atoms with Crippen molar-refractivity contribution in [1.82, 2.24) is 4.31 Å². The monoisotopic (exact) mass is 267 g/mol. The minimum atomic E-state index is -2.48. The maximum Gasteiger partial charge on any atom is 0.201 e. The molecule has 2 atom stereocenters. The van der Waals surface area contributed by atoms with Crippen LogP contribution in [0.1, 0.15) is 34.1 Å². The molecule has 0 aromatic rings. The topological polar surface area (TPSA) is 29.5 Å². The molecule has 0 aromatic carbocycles. The first kappa shape index (κ1) is 16.5. The summed E-state index contributed by atoms with van der Waals surface area (Å²) in [5, 5.41) is 0. The molecule has 0 radical (unpaired) electrons. The second-order valence-electron chi connectivity index (χ2n) is 4.70. The first-order chi connectivity index (χ1) is 7.32. The van der Waals surface area contributed by atoms with Crippen molar-refractivity contribution in [3.63, 3.8) is 0 Å². The van der Waals surface area contributed by atoms with Gasteiger partial charge in [0.2, 0.25) is 7.37 Å².